The second-order valence-corrected chi connectivity index (χ2v) is 5.38. The summed E-state index contributed by atoms with van der Waals surface area (Å²) in [6.07, 6.45) is 6.15. The van der Waals surface area contributed by atoms with Gasteiger partial charge in [0.25, 0.3) is 0 Å². The van der Waals surface area contributed by atoms with Gasteiger partial charge in [0.05, 0.1) is 17.7 Å². The summed E-state index contributed by atoms with van der Waals surface area (Å²) < 4.78 is 1.41. The molecule has 1 fully saturated rings. The Morgan fingerprint density at radius 3 is 2.68 bits per heavy atom. The summed E-state index contributed by atoms with van der Waals surface area (Å²) in [4.78, 5) is 23.2. The molecule has 5 heteroatoms. The predicted octanol–water partition coefficient (Wildman–Crippen LogP) is 1.41. The molecule has 5 nitrogen and oxygen atoms in total. The number of pyridine rings is 1. The molecule has 0 unspecified atom stereocenters. The lowest BCUT2D eigenvalue weighted by atomic mass is 9.82. The van der Waals surface area contributed by atoms with Crippen molar-refractivity contribution in [2.45, 2.75) is 44.1 Å². The molecule has 0 radical (unpaired) electrons. The summed E-state index contributed by atoms with van der Waals surface area (Å²) in [6.45, 7) is 0. The summed E-state index contributed by atoms with van der Waals surface area (Å²) in [5.74, 6) is -0.206. The number of hydrogen-bond acceptors (Lipinski definition) is 3. The summed E-state index contributed by atoms with van der Waals surface area (Å²) in [7, 11) is 1.63. The van der Waals surface area contributed by atoms with Gasteiger partial charge >= 0.3 is 0 Å². The van der Waals surface area contributed by atoms with Crippen molar-refractivity contribution >= 4 is 11.6 Å². The summed E-state index contributed by atoms with van der Waals surface area (Å²) in [5.41, 5.74) is -0.404. The first kappa shape index (κ1) is 13.8. The smallest absolute Gasteiger partial charge is 0.250 e. The molecule has 1 amide bonds. The number of nitrogens with zero attached hydrogens (tertiary/aromatic N) is 1. The van der Waals surface area contributed by atoms with Gasteiger partial charge in [-0.1, -0.05) is 19.3 Å². The van der Waals surface area contributed by atoms with E-state index in [4.69, 9.17) is 0 Å². The Balaban J connectivity index is 1.97. The van der Waals surface area contributed by atoms with Crippen LogP contribution in [0.15, 0.2) is 23.1 Å². The molecule has 2 rings (SSSR count). The zero-order valence-electron chi connectivity index (χ0n) is 11.2. The molecule has 1 heterocycles. The second kappa shape index (κ2) is 5.57. The Morgan fingerprint density at radius 2 is 2.05 bits per heavy atom. The fraction of sp³-hybridized carbons (Fsp3) is 0.571. The molecule has 0 aromatic carbocycles. The van der Waals surface area contributed by atoms with Gasteiger partial charge in [-0.25, -0.2) is 0 Å². The van der Waals surface area contributed by atoms with Crippen LogP contribution in [0.2, 0.25) is 0 Å². The molecule has 2 N–H and O–H groups in total. The van der Waals surface area contributed by atoms with Crippen molar-refractivity contribution in [1.29, 1.82) is 0 Å². The van der Waals surface area contributed by atoms with Crippen LogP contribution in [-0.4, -0.2) is 21.2 Å². The molecule has 1 aromatic rings. The van der Waals surface area contributed by atoms with E-state index in [0.29, 0.717) is 18.5 Å². The highest BCUT2D eigenvalue weighted by molar-refractivity contribution is 5.91. The molecule has 104 valence electrons. The summed E-state index contributed by atoms with van der Waals surface area (Å²) >= 11 is 0. The Kier molecular flexibility index (Phi) is 4.04. The summed E-state index contributed by atoms with van der Waals surface area (Å²) in [5, 5.41) is 13.0. The van der Waals surface area contributed by atoms with E-state index in [0.717, 1.165) is 19.3 Å². The zero-order valence-corrected chi connectivity index (χ0v) is 11.2. The molecule has 0 spiro atoms. The fourth-order valence-electron chi connectivity index (χ4n) is 2.56. The number of carbonyl (C=O) groups excluding carboxylic acids is 1. The fourth-order valence-corrected chi connectivity index (χ4v) is 2.56. The SMILES string of the molecule is Cn1cc(NC(=O)CC2(O)CCCCC2)ccc1=O. The van der Waals surface area contributed by atoms with Gasteiger partial charge in [0, 0.05) is 19.3 Å². The Hall–Kier alpha value is -1.62. The van der Waals surface area contributed by atoms with Gasteiger partial charge in [-0.15, -0.1) is 0 Å². The van der Waals surface area contributed by atoms with Crippen molar-refractivity contribution in [2.75, 3.05) is 5.32 Å². The third-order valence-electron chi connectivity index (χ3n) is 3.64. The van der Waals surface area contributed by atoms with Crippen LogP contribution in [0, 0.1) is 0 Å². The minimum atomic E-state index is -0.858. The molecule has 0 bridgehead atoms. The number of rotatable bonds is 3. The number of aryl methyl sites for hydroxylation is 1. The lowest BCUT2D eigenvalue weighted by molar-refractivity contribution is -0.122. The molecule has 1 aliphatic rings. The Bertz CT molecular complexity index is 516. The first-order chi connectivity index (χ1) is 8.98. The lowest BCUT2D eigenvalue weighted by Gasteiger charge is -2.31. The minimum absolute atomic E-state index is 0.121. The van der Waals surface area contributed by atoms with E-state index < -0.39 is 5.60 Å². The second-order valence-electron chi connectivity index (χ2n) is 5.38. The molecule has 0 atom stereocenters. The van der Waals surface area contributed by atoms with E-state index in [1.54, 1.807) is 19.3 Å². The van der Waals surface area contributed by atoms with Crippen molar-refractivity contribution in [1.82, 2.24) is 4.57 Å². The van der Waals surface area contributed by atoms with Crippen LogP contribution < -0.4 is 10.9 Å². The molecular weight excluding hydrogens is 244 g/mol. The van der Waals surface area contributed by atoms with Crippen LogP contribution in [0.4, 0.5) is 5.69 Å². The van der Waals surface area contributed by atoms with Crippen molar-refractivity contribution in [2.24, 2.45) is 7.05 Å². The van der Waals surface area contributed by atoms with Gasteiger partial charge in [0.2, 0.25) is 11.5 Å². The van der Waals surface area contributed by atoms with Crippen LogP contribution in [0.3, 0.4) is 0 Å². The van der Waals surface area contributed by atoms with Crippen molar-refractivity contribution in [3.63, 3.8) is 0 Å². The minimum Gasteiger partial charge on any atom is -0.389 e. The van der Waals surface area contributed by atoms with Crippen molar-refractivity contribution < 1.29 is 9.90 Å². The van der Waals surface area contributed by atoms with E-state index in [1.165, 1.54) is 10.6 Å². The maximum atomic E-state index is 11.9. The number of amides is 1. The van der Waals surface area contributed by atoms with Gasteiger partial charge in [-0.05, 0) is 18.9 Å². The van der Waals surface area contributed by atoms with Crippen LogP contribution >= 0.6 is 0 Å². The highest BCUT2D eigenvalue weighted by atomic mass is 16.3. The van der Waals surface area contributed by atoms with Crippen LogP contribution in [0.5, 0.6) is 0 Å². The highest BCUT2D eigenvalue weighted by Gasteiger charge is 2.31. The molecule has 0 aliphatic heterocycles. The van der Waals surface area contributed by atoms with Crippen molar-refractivity contribution in [3.8, 4) is 0 Å². The predicted molar refractivity (Wildman–Crippen MR) is 73.0 cm³/mol. The van der Waals surface area contributed by atoms with E-state index in [9.17, 15) is 14.7 Å². The first-order valence-electron chi connectivity index (χ1n) is 6.67. The maximum absolute atomic E-state index is 11.9. The Labute approximate surface area is 112 Å². The Morgan fingerprint density at radius 1 is 1.37 bits per heavy atom. The number of anilines is 1. The lowest BCUT2D eigenvalue weighted by Crippen LogP contribution is -2.36. The highest BCUT2D eigenvalue weighted by Crippen LogP contribution is 2.30. The van der Waals surface area contributed by atoms with E-state index >= 15 is 0 Å². The number of hydrogen-bond donors (Lipinski definition) is 2. The van der Waals surface area contributed by atoms with Crippen LogP contribution in [0.25, 0.3) is 0 Å². The van der Waals surface area contributed by atoms with Crippen LogP contribution in [-0.2, 0) is 11.8 Å². The number of aliphatic hydroxyl groups is 1. The normalized spacial score (nSPS) is 18.0. The third kappa shape index (κ3) is 3.67. The average molecular weight is 264 g/mol. The molecule has 1 saturated carbocycles. The van der Waals surface area contributed by atoms with Crippen LogP contribution in [0.1, 0.15) is 38.5 Å². The van der Waals surface area contributed by atoms with E-state index in [2.05, 4.69) is 5.32 Å². The van der Waals surface area contributed by atoms with Gasteiger partial charge < -0.3 is 15.0 Å². The average Bonchev–Trinajstić information content (AvgIpc) is 2.34. The number of aromatic nitrogens is 1. The molecule has 0 saturated heterocycles. The van der Waals surface area contributed by atoms with Gasteiger partial charge in [-0.2, -0.15) is 0 Å². The topological polar surface area (TPSA) is 71.3 Å². The molecular formula is C14H20N2O3. The van der Waals surface area contributed by atoms with Gasteiger partial charge in [-0.3, -0.25) is 9.59 Å². The zero-order chi connectivity index (χ0) is 13.9. The molecule has 1 aliphatic carbocycles. The number of carbonyl (C=O) groups is 1. The maximum Gasteiger partial charge on any atom is 0.250 e. The summed E-state index contributed by atoms with van der Waals surface area (Å²) in [6, 6.07) is 2.98. The molecule has 19 heavy (non-hydrogen) atoms. The monoisotopic (exact) mass is 264 g/mol. The van der Waals surface area contributed by atoms with Gasteiger partial charge in [0.1, 0.15) is 0 Å². The van der Waals surface area contributed by atoms with E-state index in [1.807, 2.05) is 0 Å². The quantitative estimate of drug-likeness (QED) is 0.867. The molecule has 1 aromatic heterocycles. The van der Waals surface area contributed by atoms with E-state index in [-0.39, 0.29) is 17.9 Å². The largest absolute Gasteiger partial charge is 0.389 e. The van der Waals surface area contributed by atoms with Gasteiger partial charge in [0.15, 0.2) is 0 Å². The third-order valence-corrected chi connectivity index (χ3v) is 3.64. The first-order valence-corrected chi connectivity index (χ1v) is 6.67. The number of nitrogens with one attached hydrogen (secondary N) is 1. The van der Waals surface area contributed by atoms with Crippen molar-refractivity contribution in [3.05, 3.63) is 28.7 Å². The standard InChI is InChI=1S/C14H20N2O3/c1-16-10-11(5-6-13(16)18)15-12(17)9-14(19)7-3-2-4-8-14/h5-6,10,19H,2-4,7-9H2,1H3,(H,15,17).